The van der Waals surface area contributed by atoms with Crippen LogP contribution in [0.4, 0.5) is 5.69 Å². The van der Waals surface area contributed by atoms with Crippen LogP contribution in [0.25, 0.3) is 0 Å². The number of nitro groups is 1. The van der Waals surface area contributed by atoms with E-state index in [1.807, 2.05) is 6.07 Å². The zero-order valence-corrected chi connectivity index (χ0v) is 11.9. The van der Waals surface area contributed by atoms with Crippen LogP contribution in [0.1, 0.15) is 22.7 Å². The molecule has 0 amide bonds. The minimum Gasteiger partial charge on any atom is -0.508 e. The Hall–Kier alpha value is -3.54. The van der Waals surface area contributed by atoms with Gasteiger partial charge in [0.2, 0.25) is 11.8 Å². The average molecular weight is 313 g/mol. The lowest BCUT2D eigenvalue weighted by Crippen LogP contribution is -2.21. The minimum absolute atomic E-state index is 0.0535. The van der Waals surface area contributed by atoms with Crippen molar-refractivity contribution in [3.05, 3.63) is 56.6 Å². The molecule has 0 fully saturated rings. The number of aromatic nitrogens is 2. The van der Waals surface area contributed by atoms with Gasteiger partial charge in [-0.1, -0.05) is 0 Å². The second kappa shape index (κ2) is 5.03. The molecule has 0 aliphatic carbocycles. The van der Waals surface area contributed by atoms with E-state index in [2.05, 4.69) is 10.2 Å². The first kappa shape index (κ1) is 14.4. The molecule has 0 saturated carbocycles. The van der Waals surface area contributed by atoms with E-state index in [1.165, 1.54) is 18.2 Å². The van der Waals surface area contributed by atoms with Gasteiger partial charge in [-0.3, -0.25) is 15.2 Å². The molecular weight excluding hydrogens is 302 g/mol. The number of phenols is 1. The Bertz CT molecular complexity index is 893. The molecule has 2 aromatic rings. The summed E-state index contributed by atoms with van der Waals surface area (Å²) in [5, 5.41) is 37.2. The van der Waals surface area contributed by atoms with Gasteiger partial charge in [-0.15, -0.1) is 5.10 Å². The molecule has 0 radical (unpaired) electrons. The van der Waals surface area contributed by atoms with E-state index < -0.39 is 10.8 Å². The van der Waals surface area contributed by atoms with Crippen molar-refractivity contribution in [1.82, 2.24) is 10.2 Å². The third kappa shape index (κ3) is 2.13. The molecule has 1 aromatic carbocycles. The summed E-state index contributed by atoms with van der Waals surface area (Å²) in [6, 6.07) is 5.55. The molecule has 4 N–H and O–H groups in total. The number of nitrogens with one attached hydrogen (secondary N) is 1. The predicted molar refractivity (Wildman–Crippen MR) is 77.4 cm³/mol. The Morgan fingerprint density at radius 1 is 1.57 bits per heavy atom. The van der Waals surface area contributed by atoms with Crippen LogP contribution in [-0.2, 0) is 0 Å². The highest BCUT2D eigenvalue weighted by Crippen LogP contribution is 2.45. The normalized spacial score (nSPS) is 16.4. The first-order valence-electron chi connectivity index (χ1n) is 6.53. The van der Waals surface area contributed by atoms with Crippen LogP contribution in [0.3, 0.4) is 0 Å². The van der Waals surface area contributed by atoms with Crippen molar-refractivity contribution in [2.75, 3.05) is 0 Å². The van der Waals surface area contributed by atoms with Crippen molar-refractivity contribution in [2.24, 2.45) is 5.73 Å². The molecule has 0 bridgehead atoms. The Kier molecular flexibility index (Phi) is 3.15. The van der Waals surface area contributed by atoms with E-state index in [9.17, 15) is 20.5 Å². The quantitative estimate of drug-likeness (QED) is 0.561. The first-order chi connectivity index (χ1) is 10.9. The van der Waals surface area contributed by atoms with Crippen LogP contribution >= 0.6 is 0 Å². The number of H-pyrrole nitrogens is 1. The number of non-ortho nitro benzene ring substituents is 1. The number of rotatable bonds is 2. The molecule has 0 saturated heterocycles. The van der Waals surface area contributed by atoms with Crippen LogP contribution in [0.2, 0.25) is 0 Å². The molecule has 9 heteroatoms. The third-order valence-corrected chi connectivity index (χ3v) is 3.66. The maximum absolute atomic E-state index is 11.0. The molecule has 23 heavy (non-hydrogen) atoms. The average Bonchev–Trinajstić information content (AvgIpc) is 2.87. The highest BCUT2D eigenvalue weighted by atomic mass is 16.6. The van der Waals surface area contributed by atoms with Crippen LogP contribution in [0, 0.1) is 28.4 Å². The molecule has 1 atom stereocenters. The second-order valence-corrected chi connectivity index (χ2v) is 4.99. The van der Waals surface area contributed by atoms with Crippen LogP contribution in [-0.4, -0.2) is 20.2 Å². The molecule has 3 rings (SSSR count). The fourth-order valence-corrected chi connectivity index (χ4v) is 2.60. The van der Waals surface area contributed by atoms with Crippen molar-refractivity contribution in [1.29, 1.82) is 5.26 Å². The Balaban J connectivity index is 2.29. The smallest absolute Gasteiger partial charge is 0.270 e. The number of aryl methyl sites for hydroxylation is 1. The molecule has 0 spiro atoms. The van der Waals surface area contributed by atoms with Gasteiger partial charge in [0.25, 0.3) is 5.69 Å². The molecule has 1 aliphatic rings. The van der Waals surface area contributed by atoms with Crippen LogP contribution < -0.4 is 10.5 Å². The van der Waals surface area contributed by atoms with Gasteiger partial charge in [-0.2, -0.15) is 5.26 Å². The first-order valence-corrected chi connectivity index (χ1v) is 6.53. The Morgan fingerprint density at radius 3 is 2.96 bits per heavy atom. The maximum atomic E-state index is 11.0. The summed E-state index contributed by atoms with van der Waals surface area (Å²) in [5.74, 6) is -0.964. The Labute approximate surface area is 129 Å². The molecule has 1 aromatic heterocycles. The van der Waals surface area contributed by atoms with E-state index in [-0.39, 0.29) is 34.3 Å². The summed E-state index contributed by atoms with van der Waals surface area (Å²) >= 11 is 0. The molecule has 116 valence electrons. The summed E-state index contributed by atoms with van der Waals surface area (Å²) in [4.78, 5) is 10.4. The lowest BCUT2D eigenvalue weighted by molar-refractivity contribution is -0.384. The monoisotopic (exact) mass is 313 g/mol. The van der Waals surface area contributed by atoms with Crippen molar-refractivity contribution < 1.29 is 14.8 Å². The number of aromatic hydroxyl groups is 1. The summed E-state index contributed by atoms with van der Waals surface area (Å²) in [6.45, 7) is 1.72. The van der Waals surface area contributed by atoms with E-state index in [4.69, 9.17) is 10.5 Å². The topological polar surface area (TPSA) is 151 Å². The molecular formula is C14H11N5O4. The minimum atomic E-state index is -0.803. The van der Waals surface area contributed by atoms with E-state index in [1.54, 1.807) is 6.92 Å². The van der Waals surface area contributed by atoms with Gasteiger partial charge in [-0.05, 0) is 13.0 Å². The van der Waals surface area contributed by atoms with E-state index in [0.717, 1.165) is 0 Å². The summed E-state index contributed by atoms with van der Waals surface area (Å²) in [6.07, 6.45) is 0. The molecule has 1 unspecified atom stereocenters. The van der Waals surface area contributed by atoms with Gasteiger partial charge in [0.05, 0.1) is 10.8 Å². The van der Waals surface area contributed by atoms with Gasteiger partial charge in [-0.25, -0.2) is 0 Å². The number of phenolic OH excluding ortho intramolecular Hbond substituents is 1. The predicted octanol–water partition coefficient (Wildman–Crippen LogP) is 1.55. The zero-order chi connectivity index (χ0) is 16.7. The maximum Gasteiger partial charge on any atom is 0.270 e. The van der Waals surface area contributed by atoms with Crippen molar-refractivity contribution in [3.63, 3.8) is 0 Å². The number of hydrogen-bond acceptors (Lipinski definition) is 7. The van der Waals surface area contributed by atoms with E-state index in [0.29, 0.717) is 11.3 Å². The van der Waals surface area contributed by atoms with Gasteiger partial charge in [0, 0.05) is 29.0 Å². The largest absolute Gasteiger partial charge is 0.508 e. The standard InChI is InChI=1S/C14H11N5O4/c1-6-11-12(8-4-7(19(21)22)2-3-10(8)20)9(5-15)13(16)23-14(11)18-17-6/h2-4,12,20H,16H2,1H3,(H,17,18). The Morgan fingerprint density at radius 2 is 2.30 bits per heavy atom. The van der Waals surface area contributed by atoms with Gasteiger partial charge in [0.1, 0.15) is 17.4 Å². The highest BCUT2D eigenvalue weighted by molar-refractivity contribution is 5.59. The highest BCUT2D eigenvalue weighted by Gasteiger charge is 2.36. The number of nitrogens with zero attached hydrogens (tertiary/aromatic N) is 3. The third-order valence-electron chi connectivity index (χ3n) is 3.66. The fraction of sp³-hybridized carbons (Fsp3) is 0.143. The summed E-state index contributed by atoms with van der Waals surface area (Å²) in [7, 11) is 0. The SMILES string of the molecule is Cc1[nH]nc2c1C(c1cc([N+](=O)[O-])ccc1O)C(C#N)=C(N)O2. The molecule has 2 heterocycles. The number of allylic oxidation sites excluding steroid dienone is 1. The molecule has 9 nitrogen and oxygen atoms in total. The van der Waals surface area contributed by atoms with Crippen molar-refractivity contribution in [3.8, 4) is 17.7 Å². The lowest BCUT2D eigenvalue weighted by atomic mass is 9.83. The van der Waals surface area contributed by atoms with Gasteiger partial charge in [0.15, 0.2) is 0 Å². The number of nitro benzene ring substituents is 1. The van der Waals surface area contributed by atoms with Crippen molar-refractivity contribution in [2.45, 2.75) is 12.8 Å². The van der Waals surface area contributed by atoms with Crippen LogP contribution in [0.15, 0.2) is 29.7 Å². The molecule has 1 aliphatic heterocycles. The number of hydrogen-bond donors (Lipinski definition) is 3. The van der Waals surface area contributed by atoms with Gasteiger partial charge >= 0.3 is 0 Å². The number of benzene rings is 1. The zero-order valence-electron chi connectivity index (χ0n) is 11.9. The number of ether oxygens (including phenoxy) is 1. The lowest BCUT2D eigenvalue weighted by Gasteiger charge is -2.24. The van der Waals surface area contributed by atoms with Gasteiger partial charge < -0.3 is 15.6 Å². The van der Waals surface area contributed by atoms with Crippen LogP contribution in [0.5, 0.6) is 11.6 Å². The second-order valence-electron chi connectivity index (χ2n) is 4.99. The van der Waals surface area contributed by atoms with E-state index >= 15 is 0 Å². The van der Waals surface area contributed by atoms with Crippen molar-refractivity contribution >= 4 is 5.69 Å². The number of nitriles is 1. The number of nitrogens with two attached hydrogens (primary N) is 1. The summed E-state index contributed by atoms with van der Waals surface area (Å²) in [5.41, 5.74) is 6.90. The number of aromatic amines is 1. The number of fused-ring (bicyclic) bond motifs is 1. The summed E-state index contributed by atoms with van der Waals surface area (Å²) < 4.78 is 5.30. The fourth-order valence-electron chi connectivity index (χ4n) is 2.60.